The van der Waals surface area contributed by atoms with Gasteiger partial charge in [-0.05, 0) is 90.3 Å². The molecule has 142 valence electrons. The first-order chi connectivity index (χ1) is 13.7. The van der Waals surface area contributed by atoms with Gasteiger partial charge in [0.25, 0.3) is 0 Å². The van der Waals surface area contributed by atoms with Crippen molar-refractivity contribution >= 4 is 10.8 Å². The number of rotatable bonds is 3. The molecule has 1 fully saturated rings. The number of fused-ring (bicyclic) bond motifs is 1. The molecule has 0 aromatic heterocycles. The van der Waals surface area contributed by atoms with E-state index in [0.29, 0.717) is 5.92 Å². The van der Waals surface area contributed by atoms with Crippen LogP contribution in [-0.4, -0.2) is 13.7 Å². The minimum atomic E-state index is -0.210. The van der Waals surface area contributed by atoms with E-state index < -0.39 is 0 Å². The first kappa shape index (κ1) is 18.7. The Balaban J connectivity index is 1.43. The van der Waals surface area contributed by atoms with Crippen LogP contribution in [0, 0.1) is 23.6 Å². The van der Waals surface area contributed by atoms with Crippen LogP contribution >= 0.6 is 0 Å². The van der Waals surface area contributed by atoms with Crippen molar-refractivity contribution in [2.24, 2.45) is 5.92 Å². The second-order valence-corrected chi connectivity index (χ2v) is 7.75. The van der Waals surface area contributed by atoms with Crippen LogP contribution < -0.4 is 0 Å². The summed E-state index contributed by atoms with van der Waals surface area (Å²) >= 11 is 0. The Labute approximate surface area is 166 Å². The molecular weight excluding hydrogens is 347 g/mol. The van der Waals surface area contributed by atoms with Crippen LogP contribution in [0.1, 0.15) is 48.3 Å². The van der Waals surface area contributed by atoms with Gasteiger partial charge in [0.15, 0.2) is 0 Å². The van der Waals surface area contributed by atoms with Gasteiger partial charge >= 0.3 is 0 Å². The van der Waals surface area contributed by atoms with Crippen molar-refractivity contribution in [3.63, 3.8) is 0 Å². The van der Waals surface area contributed by atoms with Crippen molar-refractivity contribution in [3.05, 3.63) is 83.2 Å². The Morgan fingerprint density at radius 3 is 2.21 bits per heavy atom. The molecule has 3 aromatic carbocycles. The lowest BCUT2D eigenvalue weighted by atomic mass is 9.79. The van der Waals surface area contributed by atoms with Crippen LogP contribution in [-0.2, 0) is 4.74 Å². The normalized spacial score (nSPS) is 19.2. The Morgan fingerprint density at radius 2 is 1.46 bits per heavy atom. The van der Waals surface area contributed by atoms with Gasteiger partial charge < -0.3 is 4.74 Å². The van der Waals surface area contributed by atoms with Crippen molar-refractivity contribution < 1.29 is 9.13 Å². The summed E-state index contributed by atoms with van der Waals surface area (Å²) in [7, 11) is 1.80. The fourth-order valence-corrected chi connectivity index (χ4v) is 4.18. The molecular formula is C26H25FO. The molecule has 0 atom stereocenters. The summed E-state index contributed by atoms with van der Waals surface area (Å²) in [5.74, 6) is 7.66. The van der Waals surface area contributed by atoms with E-state index in [1.807, 2.05) is 18.2 Å². The maximum atomic E-state index is 13.3. The van der Waals surface area contributed by atoms with E-state index in [1.165, 1.54) is 37.3 Å². The standard InChI is InChI=1S/C26H25FO/c1-28-18-21-7-11-23(12-8-21)22-9-4-19(5-10-22)2-3-20-6-13-25-17-26(27)15-14-24(25)16-20/h4-6,9-10,13-17,21,23H,7-8,11-12,18H2,1H3. The Morgan fingerprint density at radius 1 is 0.821 bits per heavy atom. The Hall–Kier alpha value is -2.63. The molecule has 1 saturated carbocycles. The van der Waals surface area contributed by atoms with Crippen LogP contribution in [0.4, 0.5) is 4.39 Å². The molecule has 0 N–H and O–H groups in total. The van der Waals surface area contributed by atoms with E-state index in [1.54, 1.807) is 19.2 Å². The number of hydrogen-bond donors (Lipinski definition) is 0. The first-order valence-electron chi connectivity index (χ1n) is 10.0. The summed E-state index contributed by atoms with van der Waals surface area (Å²) < 4.78 is 18.6. The van der Waals surface area contributed by atoms with Crippen LogP contribution in [0.5, 0.6) is 0 Å². The van der Waals surface area contributed by atoms with E-state index in [2.05, 4.69) is 36.1 Å². The predicted octanol–water partition coefficient (Wildman–Crippen LogP) is 6.30. The van der Waals surface area contributed by atoms with Gasteiger partial charge in [-0.15, -0.1) is 0 Å². The lowest BCUT2D eigenvalue weighted by molar-refractivity contribution is 0.127. The molecule has 3 aromatic rings. The molecule has 0 aliphatic heterocycles. The minimum absolute atomic E-state index is 0.210. The minimum Gasteiger partial charge on any atom is -0.384 e. The molecule has 1 aliphatic rings. The van der Waals surface area contributed by atoms with Crippen LogP contribution in [0.15, 0.2) is 60.7 Å². The zero-order chi connectivity index (χ0) is 19.3. The lowest BCUT2D eigenvalue weighted by Gasteiger charge is -2.28. The van der Waals surface area contributed by atoms with Gasteiger partial charge in [0, 0.05) is 24.8 Å². The number of benzene rings is 3. The van der Waals surface area contributed by atoms with Crippen molar-refractivity contribution in [2.75, 3.05) is 13.7 Å². The van der Waals surface area contributed by atoms with Gasteiger partial charge in [0.2, 0.25) is 0 Å². The number of hydrogen-bond acceptors (Lipinski definition) is 1. The molecule has 1 aliphatic carbocycles. The predicted molar refractivity (Wildman–Crippen MR) is 113 cm³/mol. The smallest absolute Gasteiger partial charge is 0.123 e. The van der Waals surface area contributed by atoms with Crippen molar-refractivity contribution in [3.8, 4) is 11.8 Å². The maximum Gasteiger partial charge on any atom is 0.123 e. The molecule has 0 amide bonds. The third-order valence-corrected chi connectivity index (χ3v) is 5.78. The fraction of sp³-hybridized carbons (Fsp3) is 0.308. The second kappa shape index (κ2) is 8.59. The molecule has 0 unspecified atom stereocenters. The van der Waals surface area contributed by atoms with Crippen LogP contribution in [0.2, 0.25) is 0 Å². The van der Waals surface area contributed by atoms with Gasteiger partial charge in [-0.25, -0.2) is 4.39 Å². The van der Waals surface area contributed by atoms with E-state index in [4.69, 9.17) is 4.74 Å². The van der Waals surface area contributed by atoms with Gasteiger partial charge in [-0.3, -0.25) is 0 Å². The summed E-state index contributed by atoms with van der Waals surface area (Å²) in [5.41, 5.74) is 3.39. The molecule has 2 heteroatoms. The van der Waals surface area contributed by atoms with E-state index >= 15 is 0 Å². The third-order valence-electron chi connectivity index (χ3n) is 5.78. The maximum absolute atomic E-state index is 13.3. The molecule has 0 saturated heterocycles. The quantitative estimate of drug-likeness (QED) is 0.490. The summed E-state index contributed by atoms with van der Waals surface area (Å²) in [4.78, 5) is 0. The van der Waals surface area contributed by atoms with Crippen molar-refractivity contribution in [1.29, 1.82) is 0 Å². The van der Waals surface area contributed by atoms with Gasteiger partial charge in [0.05, 0.1) is 0 Å². The molecule has 4 rings (SSSR count). The zero-order valence-corrected chi connectivity index (χ0v) is 16.2. The van der Waals surface area contributed by atoms with Gasteiger partial charge in [0.1, 0.15) is 5.82 Å². The highest BCUT2D eigenvalue weighted by Crippen LogP contribution is 2.35. The largest absolute Gasteiger partial charge is 0.384 e. The molecule has 28 heavy (non-hydrogen) atoms. The molecule has 0 heterocycles. The van der Waals surface area contributed by atoms with E-state index in [0.717, 1.165) is 34.4 Å². The monoisotopic (exact) mass is 372 g/mol. The van der Waals surface area contributed by atoms with E-state index in [9.17, 15) is 4.39 Å². The van der Waals surface area contributed by atoms with Crippen molar-refractivity contribution in [2.45, 2.75) is 31.6 Å². The average Bonchev–Trinajstić information content (AvgIpc) is 2.73. The fourth-order valence-electron chi connectivity index (χ4n) is 4.18. The first-order valence-corrected chi connectivity index (χ1v) is 10.0. The molecule has 1 nitrogen and oxygen atoms in total. The average molecular weight is 372 g/mol. The van der Waals surface area contributed by atoms with E-state index in [-0.39, 0.29) is 5.82 Å². The van der Waals surface area contributed by atoms with Gasteiger partial charge in [-0.2, -0.15) is 0 Å². The van der Waals surface area contributed by atoms with Crippen LogP contribution in [0.3, 0.4) is 0 Å². The SMILES string of the molecule is COCC1CCC(c2ccc(C#Cc3ccc4cc(F)ccc4c3)cc2)CC1. The third kappa shape index (κ3) is 4.43. The summed E-state index contributed by atoms with van der Waals surface area (Å²) in [6, 6.07) is 19.4. The zero-order valence-electron chi connectivity index (χ0n) is 16.2. The van der Waals surface area contributed by atoms with Crippen molar-refractivity contribution in [1.82, 2.24) is 0 Å². The molecule has 0 spiro atoms. The number of methoxy groups -OCH3 is 1. The Bertz CT molecular complexity index is 1000. The summed E-state index contributed by atoms with van der Waals surface area (Å²) in [6.07, 6.45) is 5.01. The number of halogens is 1. The van der Waals surface area contributed by atoms with Crippen LogP contribution in [0.25, 0.3) is 10.8 Å². The molecule has 0 bridgehead atoms. The highest BCUT2D eigenvalue weighted by molar-refractivity contribution is 5.83. The highest BCUT2D eigenvalue weighted by Gasteiger charge is 2.22. The lowest BCUT2D eigenvalue weighted by Crippen LogP contribution is -2.17. The van der Waals surface area contributed by atoms with Gasteiger partial charge in [-0.1, -0.05) is 36.1 Å². The highest BCUT2D eigenvalue weighted by atomic mass is 19.1. The second-order valence-electron chi connectivity index (χ2n) is 7.75. The summed E-state index contributed by atoms with van der Waals surface area (Å²) in [5, 5.41) is 1.91. The summed E-state index contributed by atoms with van der Waals surface area (Å²) in [6.45, 7) is 0.894. The Kier molecular flexibility index (Phi) is 5.74. The topological polar surface area (TPSA) is 9.23 Å². The molecule has 0 radical (unpaired) electrons. The number of ether oxygens (including phenoxy) is 1.